The molecule has 1 aliphatic rings. The van der Waals surface area contributed by atoms with Gasteiger partial charge in [0.1, 0.15) is 17.7 Å². The van der Waals surface area contributed by atoms with Gasteiger partial charge in [0.05, 0.1) is 5.56 Å². The van der Waals surface area contributed by atoms with Crippen LogP contribution in [0.25, 0.3) is 0 Å². The quantitative estimate of drug-likeness (QED) is 0.636. The van der Waals surface area contributed by atoms with E-state index in [2.05, 4.69) is 10.3 Å². The minimum atomic E-state index is -0.665. The molecule has 1 fully saturated rings. The summed E-state index contributed by atoms with van der Waals surface area (Å²) >= 11 is 5.86. The molecular formula is C12H12ClN3O3. The standard InChI is InChI=1S/C12H12ClN3O3/c1-2-8-11(18)15-9(17)6-16(8)12(19)7-4-3-5-14-10(7)13/h3-5,8H,2,6H2,1H3,(H,15,17,18). The Labute approximate surface area is 114 Å². The number of halogens is 1. The van der Waals surface area contributed by atoms with E-state index in [9.17, 15) is 14.4 Å². The van der Waals surface area contributed by atoms with Crippen LogP contribution in [-0.2, 0) is 9.59 Å². The van der Waals surface area contributed by atoms with Gasteiger partial charge in [0.15, 0.2) is 0 Å². The van der Waals surface area contributed by atoms with Gasteiger partial charge < -0.3 is 4.90 Å². The Bertz CT molecular complexity index is 547. The summed E-state index contributed by atoms with van der Waals surface area (Å²) < 4.78 is 0. The number of piperazine rings is 1. The molecule has 1 N–H and O–H groups in total. The lowest BCUT2D eigenvalue weighted by atomic mass is 10.1. The first kappa shape index (κ1) is 13.5. The van der Waals surface area contributed by atoms with Crippen molar-refractivity contribution in [3.63, 3.8) is 0 Å². The molecule has 0 aromatic carbocycles. The van der Waals surface area contributed by atoms with Gasteiger partial charge in [-0.3, -0.25) is 19.7 Å². The van der Waals surface area contributed by atoms with E-state index >= 15 is 0 Å². The number of imide groups is 1. The minimum Gasteiger partial charge on any atom is -0.317 e. The predicted octanol–water partition coefficient (Wildman–Crippen LogP) is 0.612. The van der Waals surface area contributed by atoms with Crippen LogP contribution >= 0.6 is 11.6 Å². The molecule has 19 heavy (non-hydrogen) atoms. The van der Waals surface area contributed by atoms with Gasteiger partial charge in [-0.15, -0.1) is 0 Å². The Morgan fingerprint density at radius 1 is 1.58 bits per heavy atom. The maximum atomic E-state index is 12.4. The molecular weight excluding hydrogens is 270 g/mol. The van der Waals surface area contributed by atoms with Crippen molar-refractivity contribution in [2.75, 3.05) is 6.54 Å². The molecule has 1 aliphatic heterocycles. The van der Waals surface area contributed by atoms with Gasteiger partial charge >= 0.3 is 0 Å². The molecule has 1 aromatic rings. The number of nitrogens with one attached hydrogen (secondary N) is 1. The smallest absolute Gasteiger partial charge is 0.258 e. The zero-order chi connectivity index (χ0) is 14.0. The summed E-state index contributed by atoms with van der Waals surface area (Å²) in [5, 5.41) is 2.27. The largest absolute Gasteiger partial charge is 0.317 e. The minimum absolute atomic E-state index is 0.0563. The molecule has 0 bridgehead atoms. The van der Waals surface area contributed by atoms with Gasteiger partial charge in [0.25, 0.3) is 5.91 Å². The van der Waals surface area contributed by atoms with Gasteiger partial charge in [-0.25, -0.2) is 4.98 Å². The van der Waals surface area contributed by atoms with Crippen LogP contribution in [0.5, 0.6) is 0 Å². The Morgan fingerprint density at radius 3 is 2.95 bits per heavy atom. The lowest BCUT2D eigenvalue weighted by Gasteiger charge is -2.33. The lowest BCUT2D eigenvalue weighted by molar-refractivity contribution is -0.138. The second kappa shape index (κ2) is 5.36. The zero-order valence-corrected chi connectivity index (χ0v) is 11.0. The van der Waals surface area contributed by atoms with E-state index in [1.54, 1.807) is 13.0 Å². The van der Waals surface area contributed by atoms with Crippen molar-refractivity contribution in [3.05, 3.63) is 29.0 Å². The van der Waals surface area contributed by atoms with Crippen LogP contribution < -0.4 is 5.32 Å². The maximum Gasteiger partial charge on any atom is 0.258 e. The van der Waals surface area contributed by atoms with Crippen LogP contribution in [0.2, 0.25) is 5.15 Å². The molecule has 1 unspecified atom stereocenters. The Morgan fingerprint density at radius 2 is 2.32 bits per heavy atom. The summed E-state index contributed by atoms with van der Waals surface area (Å²) in [5.74, 6) is -1.43. The highest BCUT2D eigenvalue weighted by molar-refractivity contribution is 6.32. The third-order valence-corrected chi connectivity index (χ3v) is 3.19. The van der Waals surface area contributed by atoms with Crippen LogP contribution in [0.1, 0.15) is 23.7 Å². The molecule has 1 aromatic heterocycles. The number of carbonyl (C=O) groups excluding carboxylic acids is 3. The van der Waals surface area contributed by atoms with Gasteiger partial charge in [-0.05, 0) is 18.6 Å². The first-order valence-electron chi connectivity index (χ1n) is 5.79. The molecule has 2 rings (SSSR count). The summed E-state index contributed by atoms with van der Waals surface area (Å²) in [6.45, 7) is 1.61. The highest BCUT2D eigenvalue weighted by Gasteiger charge is 2.36. The van der Waals surface area contributed by atoms with Crippen LogP contribution in [-0.4, -0.2) is 40.2 Å². The number of nitrogens with zero attached hydrogens (tertiary/aromatic N) is 2. The summed E-state index contributed by atoms with van der Waals surface area (Å²) in [7, 11) is 0. The van der Waals surface area contributed by atoms with Gasteiger partial charge in [-0.1, -0.05) is 18.5 Å². The van der Waals surface area contributed by atoms with E-state index in [1.807, 2.05) is 0 Å². The second-order valence-corrected chi connectivity index (χ2v) is 4.47. The molecule has 7 heteroatoms. The molecule has 0 aliphatic carbocycles. The van der Waals surface area contributed by atoms with Crippen molar-refractivity contribution in [1.82, 2.24) is 15.2 Å². The molecule has 1 atom stereocenters. The Kier molecular flexibility index (Phi) is 3.80. The second-order valence-electron chi connectivity index (χ2n) is 4.11. The topological polar surface area (TPSA) is 79.4 Å². The third kappa shape index (κ3) is 2.58. The maximum absolute atomic E-state index is 12.4. The van der Waals surface area contributed by atoms with E-state index in [1.165, 1.54) is 17.2 Å². The van der Waals surface area contributed by atoms with Crippen LogP contribution in [0, 0.1) is 0 Å². The average molecular weight is 282 g/mol. The van der Waals surface area contributed by atoms with Gasteiger partial charge in [-0.2, -0.15) is 0 Å². The average Bonchev–Trinajstić information content (AvgIpc) is 2.37. The van der Waals surface area contributed by atoms with Crippen LogP contribution in [0.3, 0.4) is 0 Å². The molecule has 100 valence electrons. The first-order valence-corrected chi connectivity index (χ1v) is 6.17. The van der Waals surface area contributed by atoms with Crippen LogP contribution in [0.15, 0.2) is 18.3 Å². The normalized spacial score (nSPS) is 19.3. The number of carbonyl (C=O) groups is 3. The van der Waals surface area contributed by atoms with E-state index < -0.39 is 23.8 Å². The lowest BCUT2D eigenvalue weighted by Crippen LogP contribution is -2.59. The molecule has 2 heterocycles. The Balaban J connectivity index is 2.33. The molecule has 6 nitrogen and oxygen atoms in total. The highest BCUT2D eigenvalue weighted by Crippen LogP contribution is 2.18. The monoisotopic (exact) mass is 281 g/mol. The number of hydrogen-bond donors (Lipinski definition) is 1. The van der Waals surface area contributed by atoms with Crippen molar-refractivity contribution in [3.8, 4) is 0 Å². The summed E-state index contributed by atoms with van der Waals surface area (Å²) in [6, 6.07) is 2.43. The van der Waals surface area contributed by atoms with Gasteiger partial charge in [0, 0.05) is 6.20 Å². The van der Waals surface area contributed by atoms with Gasteiger partial charge in [0.2, 0.25) is 11.8 Å². The molecule has 0 radical (unpaired) electrons. The molecule has 1 saturated heterocycles. The fourth-order valence-corrected chi connectivity index (χ4v) is 2.19. The zero-order valence-electron chi connectivity index (χ0n) is 10.2. The van der Waals surface area contributed by atoms with Crippen molar-refractivity contribution in [2.45, 2.75) is 19.4 Å². The van der Waals surface area contributed by atoms with E-state index in [4.69, 9.17) is 11.6 Å². The summed E-state index contributed by atoms with van der Waals surface area (Å²) in [4.78, 5) is 40.5. The van der Waals surface area contributed by atoms with Crippen molar-refractivity contribution < 1.29 is 14.4 Å². The fraction of sp³-hybridized carbons (Fsp3) is 0.333. The molecule has 3 amide bonds. The number of pyridine rings is 1. The molecule has 0 saturated carbocycles. The predicted molar refractivity (Wildman–Crippen MR) is 67.5 cm³/mol. The highest BCUT2D eigenvalue weighted by atomic mass is 35.5. The first-order chi connectivity index (χ1) is 9.04. The van der Waals surface area contributed by atoms with E-state index in [-0.39, 0.29) is 17.3 Å². The van der Waals surface area contributed by atoms with E-state index in [0.717, 1.165) is 0 Å². The SMILES string of the molecule is CCC1C(=O)NC(=O)CN1C(=O)c1cccnc1Cl. The summed E-state index contributed by atoms with van der Waals surface area (Å²) in [5.41, 5.74) is 0.185. The van der Waals surface area contributed by atoms with Crippen molar-refractivity contribution in [2.24, 2.45) is 0 Å². The van der Waals surface area contributed by atoms with Crippen molar-refractivity contribution >= 4 is 29.3 Å². The number of aromatic nitrogens is 1. The molecule has 0 spiro atoms. The van der Waals surface area contributed by atoms with Crippen LogP contribution in [0.4, 0.5) is 0 Å². The van der Waals surface area contributed by atoms with Crippen molar-refractivity contribution in [1.29, 1.82) is 0 Å². The third-order valence-electron chi connectivity index (χ3n) is 2.89. The Hall–Kier alpha value is -1.95. The summed E-state index contributed by atoms with van der Waals surface area (Å²) in [6.07, 6.45) is 1.88. The number of rotatable bonds is 2. The number of hydrogen-bond acceptors (Lipinski definition) is 4. The number of amides is 3. The van der Waals surface area contributed by atoms with E-state index in [0.29, 0.717) is 6.42 Å². The fourth-order valence-electron chi connectivity index (χ4n) is 1.99.